The van der Waals surface area contributed by atoms with Gasteiger partial charge in [0.15, 0.2) is 11.6 Å². The highest BCUT2D eigenvalue weighted by Crippen LogP contribution is 2.19. The Balaban J connectivity index is 1.42. The zero-order chi connectivity index (χ0) is 18.4. The topological polar surface area (TPSA) is 46.4 Å². The first-order chi connectivity index (χ1) is 12.7. The zero-order valence-corrected chi connectivity index (χ0v) is 15.0. The Hall–Kier alpha value is -2.31. The van der Waals surface area contributed by atoms with Crippen LogP contribution in [0.15, 0.2) is 48.5 Å². The van der Waals surface area contributed by atoms with Gasteiger partial charge in [0, 0.05) is 5.69 Å². The Morgan fingerprint density at radius 3 is 2.46 bits per heavy atom. The first-order valence-corrected chi connectivity index (χ1v) is 8.93. The van der Waals surface area contributed by atoms with E-state index in [1.54, 1.807) is 25.3 Å². The third-order valence-electron chi connectivity index (χ3n) is 4.70. The van der Waals surface area contributed by atoms with E-state index in [9.17, 15) is 9.50 Å². The second-order valence-corrected chi connectivity index (χ2v) is 6.53. The predicted molar refractivity (Wildman–Crippen MR) is 98.7 cm³/mol. The van der Waals surface area contributed by atoms with E-state index in [4.69, 9.17) is 9.47 Å². The van der Waals surface area contributed by atoms with Crippen LogP contribution in [0.25, 0.3) is 0 Å². The normalized spacial score (nSPS) is 16.3. The molecule has 1 saturated heterocycles. The SMILES string of the molecule is COc1ccc(N2CC[NH+](C[C@@H](O)COc3ccccc3F)CC2)cc1. The lowest BCUT2D eigenvalue weighted by Crippen LogP contribution is -3.16. The second kappa shape index (κ2) is 8.87. The lowest BCUT2D eigenvalue weighted by atomic mass is 10.2. The minimum absolute atomic E-state index is 0.104. The molecule has 0 radical (unpaired) electrons. The van der Waals surface area contributed by atoms with Gasteiger partial charge in [-0.05, 0) is 36.4 Å². The number of quaternary nitrogens is 1. The molecule has 26 heavy (non-hydrogen) atoms. The molecule has 1 aliphatic rings. The predicted octanol–water partition coefficient (Wildman–Crippen LogP) is 0.979. The van der Waals surface area contributed by atoms with Crippen LogP contribution in [0.3, 0.4) is 0 Å². The van der Waals surface area contributed by atoms with Gasteiger partial charge in [-0.25, -0.2) is 4.39 Å². The standard InChI is InChI=1S/C20H25FN2O3/c1-25-18-8-6-16(7-9-18)23-12-10-22(11-13-23)14-17(24)15-26-20-5-3-2-4-19(20)21/h2-9,17,24H,10-15H2,1H3/p+1/t17-/m1/s1. The molecule has 0 aromatic heterocycles. The Morgan fingerprint density at radius 2 is 1.81 bits per heavy atom. The largest absolute Gasteiger partial charge is 0.497 e. The Bertz CT molecular complexity index is 688. The number of nitrogens with zero attached hydrogens (tertiary/aromatic N) is 1. The summed E-state index contributed by atoms with van der Waals surface area (Å²) < 4.78 is 24.1. The van der Waals surface area contributed by atoms with Gasteiger partial charge in [0.1, 0.15) is 25.0 Å². The van der Waals surface area contributed by atoms with Crippen LogP contribution in [0, 0.1) is 5.82 Å². The van der Waals surface area contributed by atoms with E-state index in [2.05, 4.69) is 17.0 Å². The van der Waals surface area contributed by atoms with Gasteiger partial charge < -0.3 is 24.4 Å². The van der Waals surface area contributed by atoms with E-state index in [1.165, 1.54) is 16.7 Å². The number of piperazine rings is 1. The quantitative estimate of drug-likeness (QED) is 0.772. The van der Waals surface area contributed by atoms with Crippen molar-refractivity contribution in [3.05, 3.63) is 54.3 Å². The maximum Gasteiger partial charge on any atom is 0.165 e. The maximum absolute atomic E-state index is 13.5. The number of aliphatic hydroxyl groups is 1. The zero-order valence-electron chi connectivity index (χ0n) is 15.0. The molecule has 2 N–H and O–H groups in total. The van der Waals surface area contributed by atoms with Crippen molar-refractivity contribution in [1.29, 1.82) is 0 Å². The molecule has 0 bridgehead atoms. The highest BCUT2D eigenvalue weighted by atomic mass is 19.1. The number of halogens is 1. The first kappa shape index (κ1) is 18.5. The number of methoxy groups -OCH3 is 1. The fourth-order valence-corrected chi connectivity index (χ4v) is 3.22. The lowest BCUT2D eigenvalue weighted by molar-refractivity contribution is -0.903. The van der Waals surface area contributed by atoms with Crippen molar-refractivity contribution in [3.63, 3.8) is 0 Å². The average Bonchev–Trinajstić information content (AvgIpc) is 2.68. The van der Waals surface area contributed by atoms with Gasteiger partial charge in [-0.3, -0.25) is 0 Å². The molecular formula is C20H26FN2O3+. The van der Waals surface area contributed by atoms with Crippen LogP contribution in [0.5, 0.6) is 11.5 Å². The van der Waals surface area contributed by atoms with Gasteiger partial charge in [-0.15, -0.1) is 0 Å². The highest BCUT2D eigenvalue weighted by molar-refractivity contribution is 5.49. The molecule has 5 nitrogen and oxygen atoms in total. The number of para-hydroxylation sites is 1. The maximum atomic E-state index is 13.5. The number of nitrogens with one attached hydrogen (secondary N) is 1. The summed E-state index contributed by atoms with van der Waals surface area (Å²) >= 11 is 0. The number of ether oxygens (including phenoxy) is 2. The summed E-state index contributed by atoms with van der Waals surface area (Å²) in [5, 5.41) is 10.2. The van der Waals surface area contributed by atoms with E-state index in [1.807, 2.05) is 12.1 Å². The molecule has 0 saturated carbocycles. The Kier molecular flexibility index (Phi) is 6.30. The van der Waals surface area contributed by atoms with E-state index in [-0.39, 0.29) is 12.4 Å². The van der Waals surface area contributed by atoms with Gasteiger partial charge in [-0.2, -0.15) is 0 Å². The summed E-state index contributed by atoms with van der Waals surface area (Å²) in [6.07, 6.45) is -0.614. The van der Waals surface area contributed by atoms with E-state index in [0.717, 1.165) is 31.9 Å². The molecule has 2 aromatic carbocycles. The summed E-state index contributed by atoms with van der Waals surface area (Å²) in [5.74, 6) is 0.641. The molecule has 0 spiro atoms. The molecule has 0 aliphatic carbocycles. The van der Waals surface area contributed by atoms with E-state index < -0.39 is 11.9 Å². The van der Waals surface area contributed by atoms with Crippen LogP contribution in [0.2, 0.25) is 0 Å². The van der Waals surface area contributed by atoms with Crippen LogP contribution in [0.4, 0.5) is 10.1 Å². The van der Waals surface area contributed by atoms with Crippen molar-refractivity contribution in [2.75, 3.05) is 51.3 Å². The second-order valence-electron chi connectivity index (χ2n) is 6.53. The fourth-order valence-electron chi connectivity index (χ4n) is 3.22. The van der Waals surface area contributed by atoms with E-state index >= 15 is 0 Å². The molecule has 2 aromatic rings. The molecule has 3 rings (SSSR count). The van der Waals surface area contributed by atoms with Gasteiger partial charge >= 0.3 is 0 Å². The number of aliphatic hydroxyl groups excluding tert-OH is 1. The number of hydrogen-bond acceptors (Lipinski definition) is 4. The smallest absolute Gasteiger partial charge is 0.165 e. The summed E-state index contributed by atoms with van der Waals surface area (Å²) in [4.78, 5) is 3.67. The third kappa shape index (κ3) is 4.86. The molecule has 140 valence electrons. The van der Waals surface area contributed by atoms with Crippen LogP contribution in [0.1, 0.15) is 0 Å². The van der Waals surface area contributed by atoms with Crippen molar-refractivity contribution < 1.29 is 23.9 Å². The first-order valence-electron chi connectivity index (χ1n) is 8.93. The summed E-state index contributed by atoms with van der Waals surface area (Å²) in [5.41, 5.74) is 1.19. The summed E-state index contributed by atoms with van der Waals surface area (Å²) in [6.45, 7) is 4.47. The minimum Gasteiger partial charge on any atom is -0.497 e. The van der Waals surface area contributed by atoms with Crippen molar-refractivity contribution in [2.24, 2.45) is 0 Å². The lowest BCUT2D eigenvalue weighted by Gasteiger charge is -2.34. The van der Waals surface area contributed by atoms with Crippen LogP contribution in [-0.2, 0) is 0 Å². The molecule has 1 aliphatic heterocycles. The Morgan fingerprint density at radius 1 is 1.12 bits per heavy atom. The number of anilines is 1. The molecule has 1 atom stereocenters. The van der Waals surface area contributed by atoms with Crippen molar-refractivity contribution in [2.45, 2.75) is 6.10 Å². The van der Waals surface area contributed by atoms with Crippen LogP contribution < -0.4 is 19.3 Å². The molecule has 0 amide bonds. The van der Waals surface area contributed by atoms with Crippen LogP contribution in [-0.4, -0.2) is 57.7 Å². The molecular weight excluding hydrogens is 335 g/mol. The average molecular weight is 361 g/mol. The summed E-state index contributed by atoms with van der Waals surface area (Å²) in [7, 11) is 1.67. The molecule has 1 fully saturated rings. The van der Waals surface area contributed by atoms with Crippen molar-refractivity contribution in [1.82, 2.24) is 0 Å². The summed E-state index contributed by atoms with van der Waals surface area (Å²) in [6, 6.07) is 14.3. The van der Waals surface area contributed by atoms with E-state index in [0.29, 0.717) is 6.54 Å². The molecule has 0 unspecified atom stereocenters. The van der Waals surface area contributed by atoms with Gasteiger partial charge in [-0.1, -0.05) is 12.1 Å². The third-order valence-corrected chi connectivity index (χ3v) is 4.70. The van der Waals surface area contributed by atoms with Crippen molar-refractivity contribution >= 4 is 5.69 Å². The number of hydrogen-bond donors (Lipinski definition) is 2. The highest BCUT2D eigenvalue weighted by Gasteiger charge is 2.23. The fraction of sp³-hybridized carbons (Fsp3) is 0.400. The number of rotatable bonds is 7. The Labute approximate surface area is 153 Å². The monoisotopic (exact) mass is 361 g/mol. The van der Waals surface area contributed by atoms with Gasteiger partial charge in [0.2, 0.25) is 0 Å². The van der Waals surface area contributed by atoms with Crippen molar-refractivity contribution in [3.8, 4) is 11.5 Å². The number of benzene rings is 2. The molecule has 6 heteroatoms. The minimum atomic E-state index is -0.614. The van der Waals surface area contributed by atoms with Gasteiger partial charge in [0.05, 0.1) is 33.3 Å². The molecule has 1 heterocycles. The van der Waals surface area contributed by atoms with Gasteiger partial charge in [0.25, 0.3) is 0 Å². The van der Waals surface area contributed by atoms with Crippen LogP contribution >= 0.6 is 0 Å².